The number of rotatable bonds is 15. The summed E-state index contributed by atoms with van der Waals surface area (Å²) in [6, 6.07) is 3.03. The molecule has 24 heteroatoms. The molecule has 5 aliphatic heterocycles. The maximum Gasteiger partial charge on any atom is 0.202 e. The van der Waals surface area contributed by atoms with Gasteiger partial charge in [-0.2, -0.15) is 0 Å². The van der Waals surface area contributed by atoms with E-state index < -0.39 is 176 Å². The van der Waals surface area contributed by atoms with Gasteiger partial charge in [0.1, 0.15) is 66.1 Å². The van der Waals surface area contributed by atoms with E-state index in [1.54, 1.807) is 27.7 Å². The summed E-state index contributed by atoms with van der Waals surface area (Å²) in [4.78, 5) is 28.9. The van der Waals surface area contributed by atoms with Gasteiger partial charge in [0.15, 0.2) is 36.7 Å². The van der Waals surface area contributed by atoms with Crippen LogP contribution in [-0.4, -0.2) is 222 Å². The van der Waals surface area contributed by atoms with Crippen molar-refractivity contribution in [3.8, 4) is 17.2 Å². The van der Waals surface area contributed by atoms with Crippen molar-refractivity contribution in [2.24, 2.45) is 5.92 Å². The molecule has 25 atom stereocenters. The standard InChI is InChI=1S/C52H76O24/c1-18-29(72-34-14-30(43(58)21(4)68-34)73-33-13-28(54)42(57)20(3)67-33)12-26-10-25-11-27(49(66-9)48(63)41(56)19(2)53)50(47(62)39(25)46(61)38(26)40(18)55)76-36-16-31(44(59)23(6)70-36)74-35-15-32(45(60)22(5)69-35)75-37-17-52(8,65)51(64)24(7)71-37/h10,12,19-24,27-28,30-37,41-45,49-51,53-61,64-65H,11,13-17H2,1-9H3/t19-,20-,21-,22-,23-,24-,27+,28-,30-,31-,32-,33-,34-,35+,36+,37+,41+,42-,43-,44-,45-,49+,50+,51+,52+/m0/s1. The van der Waals surface area contributed by atoms with Crippen LogP contribution in [0.3, 0.4) is 0 Å². The number of phenols is 2. The Hall–Kier alpha value is -3.32. The Morgan fingerprint density at radius 1 is 0.684 bits per heavy atom. The van der Waals surface area contributed by atoms with Gasteiger partial charge in [-0.1, -0.05) is 0 Å². The number of methoxy groups -OCH3 is 1. The summed E-state index contributed by atoms with van der Waals surface area (Å²) in [5.74, 6) is -4.07. The predicted octanol–water partition coefficient (Wildman–Crippen LogP) is -0.249. The number of phenolic OH excluding ortho intramolecular Hbond substituents is 2. The number of hydrogen-bond acceptors (Lipinski definition) is 24. The summed E-state index contributed by atoms with van der Waals surface area (Å²) >= 11 is 0. The second-order valence-electron chi connectivity index (χ2n) is 21.7. The molecule has 6 aliphatic rings. The van der Waals surface area contributed by atoms with Crippen molar-refractivity contribution in [1.29, 1.82) is 0 Å². The van der Waals surface area contributed by atoms with Crippen LogP contribution in [0, 0.1) is 12.8 Å². The zero-order chi connectivity index (χ0) is 55.6. The van der Waals surface area contributed by atoms with Crippen molar-refractivity contribution >= 4 is 22.3 Å². The van der Waals surface area contributed by atoms with E-state index in [2.05, 4.69) is 0 Å². The molecule has 428 valence electrons. The summed E-state index contributed by atoms with van der Waals surface area (Å²) in [6.07, 6.45) is -27.0. The molecule has 11 N–H and O–H groups in total. The van der Waals surface area contributed by atoms with E-state index >= 15 is 4.79 Å². The quantitative estimate of drug-likeness (QED) is 0.110. The van der Waals surface area contributed by atoms with Crippen LogP contribution in [0.25, 0.3) is 10.8 Å². The lowest BCUT2D eigenvalue weighted by Crippen LogP contribution is -2.58. The van der Waals surface area contributed by atoms with Gasteiger partial charge in [0.05, 0.1) is 77.6 Å². The SMILES string of the molecule is CO[C@@H](C(=O)[C@H](O)[C@H](C)O)[C@H]1Cc2cc3cc(O[C@H]4C[C@H](O[C@H]5C[C@H](O)[C@@H](O)[C@H](C)O5)[C@@H](O)[C@H](C)O4)c(C)c(O)c3c(O)c2C(=O)[C@@H]1O[C@@H]1C[C@H](O[C@@H]2C[C@H](O[C@@H]3C[C@@](C)(O)[C@H](O)[C@H](C)O3)[C@@H](O)[C@H](C)O2)[C@@H](O)[C@H](C)O1. The zero-order valence-corrected chi connectivity index (χ0v) is 44.0. The van der Waals surface area contributed by atoms with Crippen LogP contribution >= 0.6 is 0 Å². The van der Waals surface area contributed by atoms with Crippen molar-refractivity contribution in [2.75, 3.05) is 7.11 Å². The molecule has 0 amide bonds. The summed E-state index contributed by atoms with van der Waals surface area (Å²) < 4.78 is 66.5. The van der Waals surface area contributed by atoms with Gasteiger partial charge in [0.25, 0.3) is 0 Å². The maximum absolute atomic E-state index is 15.0. The second-order valence-corrected chi connectivity index (χ2v) is 21.7. The zero-order valence-electron chi connectivity index (χ0n) is 44.0. The normalized spacial score (nSPS) is 42.5. The minimum absolute atomic E-state index is 0.0365. The van der Waals surface area contributed by atoms with Crippen molar-refractivity contribution in [2.45, 2.75) is 241 Å². The molecule has 0 saturated carbocycles. The summed E-state index contributed by atoms with van der Waals surface area (Å²) in [5, 5.41) is 120. The van der Waals surface area contributed by atoms with Gasteiger partial charge in [0, 0.05) is 50.7 Å². The number of carbonyl (C=O) groups is 2. The Morgan fingerprint density at radius 2 is 1.17 bits per heavy atom. The van der Waals surface area contributed by atoms with Crippen molar-refractivity contribution < 1.29 is 118 Å². The van der Waals surface area contributed by atoms with Crippen LogP contribution in [-0.2, 0) is 58.6 Å². The van der Waals surface area contributed by atoms with Crippen LogP contribution in [0.1, 0.15) is 102 Å². The number of aliphatic hydroxyl groups is 9. The molecule has 8 rings (SSSR count). The van der Waals surface area contributed by atoms with E-state index in [1.165, 1.54) is 46.9 Å². The van der Waals surface area contributed by atoms with Gasteiger partial charge >= 0.3 is 0 Å². The van der Waals surface area contributed by atoms with Crippen LogP contribution < -0.4 is 4.74 Å². The lowest BCUT2D eigenvalue weighted by atomic mass is 9.75. The highest BCUT2D eigenvalue weighted by Crippen LogP contribution is 2.47. The van der Waals surface area contributed by atoms with Gasteiger partial charge in [-0.05, 0) is 84.9 Å². The Labute approximate surface area is 439 Å². The number of benzene rings is 2. The van der Waals surface area contributed by atoms with E-state index in [0.717, 1.165) is 0 Å². The Morgan fingerprint density at radius 3 is 1.70 bits per heavy atom. The summed E-state index contributed by atoms with van der Waals surface area (Å²) in [5.41, 5.74) is -1.47. The molecular formula is C52H76O24. The average molecular weight is 1090 g/mol. The van der Waals surface area contributed by atoms with E-state index in [1.807, 2.05) is 0 Å². The second kappa shape index (κ2) is 23.4. The third-order valence-electron chi connectivity index (χ3n) is 15.9. The smallest absolute Gasteiger partial charge is 0.202 e. The molecule has 0 bridgehead atoms. The van der Waals surface area contributed by atoms with Crippen molar-refractivity contribution in [3.63, 3.8) is 0 Å². The minimum atomic E-state index is -1.95. The summed E-state index contributed by atoms with van der Waals surface area (Å²) in [6.45, 7) is 12.1. The average Bonchev–Trinajstić information content (AvgIpc) is 3.38. The molecule has 5 heterocycles. The number of ether oxygens (including phenoxy) is 11. The number of aliphatic hydroxyl groups excluding tert-OH is 8. The molecule has 0 radical (unpaired) electrons. The molecule has 24 nitrogen and oxygen atoms in total. The maximum atomic E-state index is 15.0. The summed E-state index contributed by atoms with van der Waals surface area (Å²) in [7, 11) is 1.18. The van der Waals surface area contributed by atoms with Gasteiger partial charge < -0.3 is 108 Å². The molecule has 5 saturated heterocycles. The first kappa shape index (κ1) is 58.8. The van der Waals surface area contributed by atoms with E-state index in [4.69, 9.17) is 52.1 Å². The first-order chi connectivity index (χ1) is 35.7. The Balaban J connectivity index is 1.04. The van der Waals surface area contributed by atoms with Crippen LogP contribution in [0.5, 0.6) is 17.2 Å². The van der Waals surface area contributed by atoms with E-state index in [-0.39, 0.29) is 71.7 Å². The molecule has 2 aromatic carbocycles. The molecule has 0 spiro atoms. The fourth-order valence-electron chi connectivity index (χ4n) is 11.3. The largest absolute Gasteiger partial charge is 0.507 e. The van der Waals surface area contributed by atoms with Gasteiger partial charge in [-0.25, -0.2) is 0 Å². The number of aromatic hydroxyl groups is 2. The number of ketones is 2. The fourth-order valence-corrected chi connectivity index (χ4v) is 11.3. The van der Waals surface area contributed by atoms with Gasteiger partial charge in [0.2, 0.25) is 6.29 Å². The Bertz CT molecular complexity index is 2350. The minimum Gasteiger partial charge on any atom is -0.507 e. The third-order valence-corrected chi connectivity index (χ3v) is 15.9. The number of fused-ring (bicyclic) bond motifs is 2. The topological polar surface area (TPSA) is 358 Å². The highest BCUT2D eigenvalue weighted by molar-refractivity contribution is 6.11. The third kappa shape index (κ3) is 11.9. The van der Waals surface area contributed by atoms with Crippen LogP contribution in [0.15, 0.2) is 12.1 Å². The van der Waals surface area contributed by atoms with Crippen LogP contribution in [0.2, 0.25) is 0 Å². The monoisotopic (exact) mass is 1080 g/mol. The first-order valence-corrected chi connectivity index (χ1v) is 26.0. The highest BCUT2D eigenvalue weighted by Gasteiger charge is 2.51. The number of Topliss-reactive ketones (excluding diaryl/α,β-unsaturated/α-hetero) is 2. The Kier molecular flexibility index (Phi) is 18.1. The molecule has 76 heavy (non-hydrogen) atoms. The number of hydrogen-bond donors (Lipinski definition) is 11. The number of carbonyl (C=O) groups excluding carboxylic acids is 2. The van der Waals surface area contributed by atoms with Crippen molar-refractivity contribution in [1.82, 2.24) is 0 Å². The molecule has 2 aromatic rings. The molecule has 0 unspecified atom stereocenters. The van der Waals surface area contributed by atoms with Crippen molar-refractivity contribution in [3.05, 3.63) is 28.8 Å². The molecule has 0 aromatic heterocycles. The molecular weight excluding hydrogens is 1010 g/mol. The fraction of sp³-hybridized carbons (Fsp3) is 0.769. The predicted molar refractivity (Wildman–Crippen MR) is 259 cm³/mol. The van der Waals surface area contributed by atoms with E-state index in [9.17, 15) is 61.0 Å². The lowest BCUT2D eigenvalue weighted by molar-refractivity contribution is -0.334. The molecule has 5 fully saturated rings. The van der Waals surface area contributed by atoms with Gasteiger partial charge in [-0.3, -0.25) is 9.59 Å². The molecule has 1 aliphatic carbocycles. The van der Waals surface area contributed by atoms with E-state index in [0.29, 0.717) is 0 Å². The van der Waals surface area contributed by atoms with Gasteiger partial charge in [-0.15, -0.1) is 0 Å². The lowest BCUT2D eigenvalue weighted by Gasteiger charge is -2.46. The highest BCUT2D eigenvalue weighted by atomic mass is 16.7. The van der Waals surface area contributed by atoms with Crippen LogP contribution in [0.4, 0.5) is 0 Å². The first-order valence-electron chi connectivity index (χ1n) is 26.0.